The van der Waals surface area contributed by atoms with Crippen LogP contribution in [0, 0.1) is 10.1 Å². The molecule has 0 aliphatic carbocycles. The van der Waals surface area contributed by atoms with Crippen molar-refractivity contribution >= 4 is 28.1 Å². The molecule has 0 fully saturated rings. The minimum absolute atomic E-state index is 0.0576. The quantitative estimate of drug-likeness (QED) is 0.450. The number of nitrogens with one attached hydrogen (secondary N) is 1. The molecular weight excluding hydrogens is 378 g/mol. The summed E-state index contributed by atoms with van der Waals surface area (Å²) in [6.07, 6.45) is 1.81. The number of methoxy groups -OCH3 is 1. The monoisotopic (exact) mass is 397 g/mol. The molecule has 28 heavy (non-hydrogen) atoms. The van der Waals surface area contributed by atoms with Crippen molar-refractivity contribution in [1.29, 1.82) is 0 Å². The number of hydrogen-bond donors (Lipinski definition) is 1. The number of hydrogen-bond acceptors (Lipinski definition) is 6. The first kappa shape index (κ1) is 19.5. The Labute approximate surface area is 166 Å². The van der Waals surface area contributed by atoms with Crippen molar-refractivity contribution in [3.63, 3.8) is 0 Å². The highest BCUT2D eigenvalue weighted by Crippen LogP contribution is 2.33. The molecule has 0 saturated heterocycles. The lowest BCUT2D eigenvalue weighted by Gasteiger charge is -2.03. The molecule has 1 amide bonds. The SMILES string of the molecule is CCCc1sc(NC(=O)c2ccc([N+](=O)[O-])cc2)nc1-c1ccc(OC)cc1. The van der Waals surface area contributed by atoms with Crippen LogP contribution in [-0.2, 0) is 6.42 Å². The third-order valence-electron chi connectivity index (χ3n) is 4.10. The number of nitro groups is 1. The second-order valence-corrected chi connectivity index (χ2v) is 7.11. The molecule has 3 aromatic rings. The molecular formula is C20H19N3O4S. The maximum Gasteiger partial charge on any atom is 0.269 e. The predicted molar refractivity (Wildman–Crippen MR) is 109 cm³/mol. The van der Waals surface area contributed by atoms with Crippen molar-refractivity contribution in [2.75, 3.05) is 12.4 Å². The molecule has 0 unspecified atom stereocenters. The van der Waals surface area contributed by atoms with E-state index in [1.54, 1.807) is 7.11 Å². The number of benzene rings is 2. The van der Waals surface area contributed by atoms with Gasteiger partial charge in [-0.15, -0.1) is 11.3 Å². The van der Waals surface area contributed by atoms with Gasteiger partial charge in [0.15, 0.2) is 5.13 Å². The fourth-order valence-corrected chi connectivity index (χ4v) is 3.76. The number of amides is 1. The summed E-state index contributed by atoms with van der Waals surface area (Å²) in [5, 5.41) is 14.0. The maximum absolute atomic E-state index is 12.5. The largest absolute Gasteiger partial charge is 0.497 e. The van der Waals surface area contributed by atoms with E-state index in [9.17, 15) is 14.9 Å². The molecule has 0 aliphatic heterocycles. The van der Waals surface area contributed by atoms with Gasteiger partial charge in [0.1, 0.15) is 5.75 Å². The highest BCUT2D eigenvalue weighted by Gasteiger charge is 2.16. The Morgan fingerprint density at radius 3 is 2.43 bits per heavy atom. The van der Waals surface area contributed by atoms with E-state index in [4.69, 9.17) is 4.74 Å². The normalized spacial score (nSPS) is 10.5. The van der Waals surface area contributed by atoms with E-state index in [2.05, 4.69) is 17.2 Å². The van der Waals surface area contributed by atoms with Crippen LogP contribution in [-0.4, -0.2) is 22.9 Å². The van der Waals surface area contributed by atoms with E-state index in [1.807, 2.05) is 24.3 Å². The van der Waals surface area contributed by atoms with Crippen LogP contribution in [0.15, 0.2) is 48.5 Å². The molecule has 0 bridgehead atoms. The first-order valence-electron chi connectivity index (χ1n) is 8.71. The van der Waals surface area contributed by atoms with Gasteiger partial charge in [0, 0.05) is 28.1 Å². The number of carbonyl (C=O) groups is 1. The third kappa shape index (κ3) is 4.34. The molecule has 1 heterocycles. The Bertz CT molecular complexity index is 982. The molecule has 1 N–H and O–H groups in total. The molecule has 144 valence electrons. The summed E-state index contributed by atoms with van der Waals surface area (Å²) in [4.78, 5) is 28.4. The van der Waals surface area contributed by atoms with Crippen LogP contribution in [0.25, 0.3) is 11.3 Å². The number of thiazole rings is 1. The second kappa shape index (κ2) is 8.62. The van der Waals surface area contributed by atoms with E-state index in [0.717, 1.165) is 34.7 Å². The van der Waals surface area contributed by atoms with Gasteiger partial charge in [0.2, 0.25) is 0 Å². The minimum Gasteiger partial charge on any atom is -0.497 e. The van der Waals surface area contributed by atoms with E-state index < -0.39 is 4.92 Å². The maximum atomic E-state index is 12.5. The Morgan fingerprint density at radius 2 is 1.86 bits per heavy atom. The van der Waals surface area contributed by atoms with Gasteiger partial charge in [-0.3, -0.25) is 20.2 Å². The van der Waals surface area contributed by atoms with Crippen LogP contribution < -0.4 is 10.1 Å². The fraction of sp³-hybridized carbons (Fsp3) is 0.200. The van der Waals surface area contributed by atoms with Crippen LogP contribution in [0.3, 0.4) is 0 Å². The summed E-state index contributed by atoms with van der Waals surface area (Å²) in [6, 6.07) is 13.1. The molecule has 7 nitrogen and oxygen atoms in total. The number of carbonyl (C=O) groups excluding carboxylic acids is 1. The molecule has 8 heteroatoms. The van der Waals surface area contributed by atoms with E-state index in [-0.39, 0.29) is 11.6 Å². The summed E-state index contributed by atoms with van der Waals surface area (Å²) in [6.45, 7) is 2.09. The number of anilines is 1. The van der Waals surface area contributed by atoms with Gasteiger partial charge >= 0.3 is 0 Å². The lowest BCUT2D eigenvalue weighted by atomic mass is 10.1. The summed E-state index contributed by atoms with van der Waals surface area (Å²) in [7, 11) is 1.62. The van der Waals surface area contributed by atoms with Gasteiger partial charge in [0.25, 0.3) is 11.6 Å². The summed E-state index contributed by atoms with van der Waals surface area (Å²) in [5.74, 6) is 0.413. The van der Waals surface area contributed by atoms with Crippen LogP contribution in [0.1, 0.15) is 28.6 Å². The lowest BCUT2D eigenvalue weighted by Crippen LogP contribution is -2.11. The molecule has 0 spiro atoms. The van der Waals surface area contributed by atoms with Crippen LogP contribution in [0.5, 0.6) is 5.75 Å². The average molecular weight is 397 g/mol. The Morgan fingerprint density at radius 1 is 1.18 bits per heavy atom. The number of nitrogens with zero attached hydrogens (tertiary/aromatic N) is 2. The van der Waals surface area contributed by atoms with Crippen molar-refractivity contribution in [2.24, 2.45) is 0 Å². The Balaban J connectivity index is 1.83. The van der Waals surface area contributed by atoms with Crippen molar-refractivity contribution in [1.82, 2.24) is 4.98 Å². The Hall–Kier alpha value is -3.26. The highest BCUT2D eigenvalue weighted by atomic mass is 32.1. The van der Waals surface area contributed by atoms with Crippen molar-refractivity contribution < 1.29 is 14.5 Å². The van der Waals surface area contributed by atoms with Crippen molar-refractivity contribution in [3.8, 4) is 17.0 Å². The number of nitro benzene ring substituents is 1. The molecule has 3 rings (SSSR count). The van der Waals surface area contributed by atoms with Crippen LogP contribution in [0.4, 0.5) is 10.8 Å². The molecule has 0 radical (unpaired) electrons. The van der Waals surface area contributed by atoms with Gasteiger partial charge in [-0.25, -0.2) is 4.98 Å². The zero-order valence-corrected chi connectivity index (χ0v) is 16.3. The summed E-state index contributed by atoms with van der Waals surface area (Å²) >= 11 is 1.44. The first-order valence-corrected chi connectivity index (χ1v) is 9.53. The number of rotatable bonds is 7. The van der Waals surface area contributed by atoms with Gasteiger partial charge in [-0.05, 0) is 42.8 Å². The number of non-ortho nitro benzene ring substituents is 1. The molecule has 1 aromatic heterocycles. The summed E-state index contributed by atoms with van der Waals surface area (Å²) in [5.41, 5.74) is 2.08. The standard InChI is InChI=1S/C20H19N3O4S/c1-3-4-17-18(13-7-11-16(27-2)12-8-13)21-20(28-17)22-19(24)14-5-9-15(10-6-14)23(25)26/h5-12H,3-4H2,1-2H3,(H,21,22,24). The number of aryl methyl sites for hydroxylation is 1. The zero-order valence-electron chi connectivity index (χ0n) is 15.5. The van der Waals surface area contributed by atoms with E-state index in [1.165, 1.54) is 35.6 Å². The summed E-state index contributed by atoms with van der Waals surface area (Å²) < 4.78 is 5.20. The van der Waals surface area contributed by atoms with Gasteiger partial charge < -0.3 is 4.74 Å². The van der Waals surface area contributed by atoms with Crippen molar-refractivity contribution in [3.05, 3.63) is 69.1 Å². The first-order chi connectivity index (χ1) is 13.5. The van der Waals surface area contributed by atoms with Gasteiger partial charge in [-0.2, -0.15) is 0 Å². The molecule has 0 atom stereocenters. The van der Waals surface area contributed by atoms with Gasteiger partial charge in [0.05, 0.1) is 17.7 Å². The minimum atomic E-state index is -0.499. The molecule has 0 aliphatic rings. The van der Waals surface area contributed by atoms with E-state index >= 15 is 0 Å². The lowest BCUT2D eigenvalue weighted by molar-refractivity contribution is -0.384. The predicted octanol–water partition coefficient (Wildman–Crippen LogP) is 4.93. The smallest absolute Gasteiger partial charge is 0.269 e. The topological polar surface area (TPSA) is 94.4 Å². The van der Waals surface area contributed by atoms with Gasteiger partial charge in [-0.1, -0.05) is 13.3 Å². The molecule has 2 aromatic carbocycles. The highest BCUT2D eigenvalue weighted by molar-refractivity contribution is 7.16. The van der Waals surface area contributed by atoms with Crippen LogP contribution >= 0.6 is 11.3 Å². The second-order valence-electron chi connectivity index (χ2n) is 6.03. The number of ether oxygens (including phenoxy) is 1. The van der Waals surface area contributed by atoms with Crippen LogP contribution in [0.2, 0.25) is 0 Å². The Kier molecular flexibility index (Phi) is 6.00. The molecule has 0 saturated carbocycles. The zero-order chi connectivity index (χ0) is 20.1. The average Bonchev–Trinajstić information content (AvgIpc) is 3.10. The fourth-order valence-electron chi connectivity index (χ4n) is 2.68. The van der Waals surface area contributed by atoms with E-state index in [0.29, 0.717) is 10.7 Å². The number of aromatic nitrogens is 1. The third-order valence-corrected chi connectivity index (χ3v) is 5.13. The van der Waals surface area contributed by atoms with Crippen molar-refractivity contribution in [2.45, 2.75) is 19.8 Å².